The third kappa shape index (κ3) is 2.85. The Morgan fingerprint density at radius 1 is 1.25 bits per heavy atom. The summed E-state index contributed by atoms with van der Waals surface area (Å²) in [6.07, 6.45) is 4.75. The first-order chi connectivity index (χ1) is 9.42. The van der Waals surface area contributed by atoms with Crippen molar-refractivity contribution in [3.05, 3.63) is 74.3 Å². The molecule has 0 saturated heterocycles. The second kappa shape index (κ2) is 5.42. The van der Waals surface area contributed by atoms with E-state index in [0.717, 1.165) is 5.56 Å². The van der Waals surface area contributed by atoms with E-state index in [-0.39, 0.29) is 16.2 Å². The van der Waals surface area contributed by atoms with Gasteiger partial charge in [0.1, 0.15) is 5.75 Å². The minimum absolute atomic E-state index is 0.0244. The highest BCUT2D eigenvalue weighted by molar-refractivity contribution is 7.96. The number of benzene rings is 1. The summed E-state index contributed by atoms with van der Waals surface area (Å²) in [6.45, 7) is 1.46. The number of hydrogen-bond acceptors (Lipinski definition) is 4. The quantitative estimate of drug-likeness (QED) is 0.633. The van der Waals surface area contributed by atoms with Crippen molar-refractivity contribution in [2.75, 3.05) is 5.75 Å². The number of allylic oxidation sites excluding steroid dienone is 3. The van der Waals surface area contributed by atoms with Crippen LogP contribution in [0.5, 0.6) is 0 Å². The van der Waals surface area contributed by atoms with Crippen molar-refractivity contribution in [3.8, 4) is 0 Å². The highest BCUT2D eigenvalue weighted by Gasteiger charge is 2.37. The summed E-state index contributed by atoms with van der Waals surface area (Å²) in [4.78, 5) is 10.2. The lowest BCUT2D eigenvalue weighted by Gasteiger charge is -1.96. The Bertz CT molecular complexity index is 728. The van der Waals surface area contributed by atoms with Crippen LogP contribution in [0.4, 0.5) is 0 Å². The lowest BCUT2D eigenvalue weighted by Crippen LogP contribution is -2.06. The van der Waals surface area contributed by atoms with Crippen LogP contribution >= 0.6 is 0 Å². The Morgan fingerprint density at radius 3 is 2.45 bits per heavy atom. The van der Waals surface area contributed by atoms with Gasteiger partial charge in [0.25, 0.3) is 5.70 Å². The van der Waals surface area contributed by atoms with Gasteiger partial charge in [-0.25, -0.2) is 8.42 Å². The largest absolute Gasteiger partial charge is 0.265 e. The van der Waals surface area contributed by atoms with Gasteiger partial charge in [0, 0.05) is 5.57 Å². The molecule has 104 valence electrons. The minimum Gasteiger partial charge on any atom is -0.259 e. The number of hydrogen-bond donors (Lipinski definition) is 0. The van der Waals surface area contributed by atoms with Gasteiger partial charge in [-0.3, -0.25) is 10.1 Å². The standard InChI is InChI=1S/C14H13NO4S/c1-11-13(15(16)17)10-20(18,19)14(11)9-5-8-12-6-3-2-4-7-12/h2-9H,10H2,1H3/b8-5+,14-9+. The average Bonchev–Trinajstić information content (AvgIpc) is 2.63. The average molecular weight is 291 g/mol. The van der Waals surface area contributed by atoms with Gasteiger partial charge in [0.2, 0.25) is 0 Å². The van der Waals surface area contributed by atoms with E-state index in [2.05, 4.69) is 0 Å². The molecule has 0 amide bonds. The van der Waals surface area contributed by atoms with Gasteiger partial charge in [-0.1, -0.05) is 42.5 Å². The lowest BCUT2D eigenvalue weighted by atomic mass is 10.2. The van der Waals surface area contributed by atoms with E-state index in [1.807, 2.05) is 30.3 Å². The fourth-order valence-electron chi connectivity index (χ4n) is 1.97. The molecule has 6 heteroatoms. The van der Waals surface area contributed by atoms with E-state index in [9.17, 15) is 18.5 Å². The molecule has 1 heterocycles. The maximum atomic E-state index is 11.9. The van der Waals surface area contributed by atoms with Crippen LogP contribution in [0.3, 0.4) is 0 Å². The molecule has 0 fully saturated rings. The van der Waals surface area contributed by atoms with Crippen LogP contribution in [0.15, 0.2) is 58.7 Å². The molecule has 0 aliphatic carbocycles. The summed E-state index contributed by atoms with van der Waals surface area (Å²) in [6, 6.07) is 9.38. The second-order valence-electron chi connectivity index (χ2n) is 4.39. The second-order valence-corrected chi connectivity index (χ2v) is 6.35. The summed E-state index contributed by atoms with van der Waals surface area (Å²) >= 11 is 0. The van der Waals surface area contributed by atoms with Gasteiger partial charge in [-0.15, -0.1) is 0 Å². The molecule has 2 rings (SSSR count). The number of nitrogens with zero attached hydrogens (tertiary/aromatic N) is 1. The molecule has 0 radical (unpaired) electrons. The molecule has 0 saturated carbocycles. The molecule has 1 aliphatic rings. The predicted molar refractivity (Wildman–Crippen MR) is 77.0 cm³/mol. The lowest BCUT2D eigenvalue weighted by molar-refractivity contribution is -0.424. The Hall–Kier alpha value is -2.21. The molecule has 1 aromatic carbocycles. The predicted octanol–water partition coefficient (Wildman–Crippen LogP) is 2.56. The van der Waals surface area contributed by atoms with Crippen LogP contribution in [0.25, 0.3) is 6.08 Å². The molecule has 0 aromatic heterocycles. The van der Waals surface area contributed by atoms with Crippen LogP contribution in [0.2, 0.25) is 0 Å². The monoisotopic (exact) mass is 291 g/mol. The zero-order chi connectivity index (χ0) is 14.8. The van der Waals surface area contributed by atoms with Crippen molar-refractivity contribution in [1.29, 1.82) is 0 Å². The topological polar surface area (TPSA) is 77.3 Å². The van der Waals surface area contributed by atoms with Gasteiger partial charge in [0.05, 0.1) is 9.83 Å². The van der Waals surface area contributed by atoms with Crippen molar-refractivity contribution in [3.63, 3.8) is 0 Å². The van der Waals surface area contributed by atoms with Gasteiger partial charge in [0.15, 0.2) is 9.84 Å². The molecular formula is C14H13NO4S. The van der Waals surface area contributed by atoms with Crippen LogP contribution in [0, 0.1) is 10.1 Å². The maximum absolute atomic E-state index is 11.9. The van der Waals surface area contributed by atoms with Crippen LogP contribution in [0.1, 0.15) is 12.5 Å². The van der Waals surface area contributed by atoms with E-state index in [1.165, 1.54) is 13.0 Å². The number of sulfone groups is 1. The van der Waals surface area contributed by atoms with E-state index < -0.39 is 20.5 Å². The summed E-state index contributed by atoms with van der Waals surface area (Å²) in [5.41, 5.74) is 0.896. The minimum atomic E-state index is -3.59. The Kier molecular flexibility index (Phi) is 3.85. The Balaban J connectivity index is 2.34. The van der Waals surface area contributed by atoms with Crippen molar-refractivity contribution in [1.82, 2.24) is 0 Å². The number of nitro groups is 1. The molecule has 1 aromatic rings. The van der Waals surface area contributed by atoms with E-state index in [0.29, 0.717) is 0 Å². The van der Waals surface area contributed by atoms with Crippen LogP contribution < -0.4 is 0 Å². The summed E-state index contributed by atoms with van der Waals surface area (Å²) in [5.74, 6) is -0.531. The molecule has 0 atom stereocenters. The molecule has 20 heavy (non-hydrogen) atoms. The molecular weight excluding hydrogens is 278 g/mol. The zero-order valence-electron chi connectivity index (χ0n) is 10.8. The summed E-state index contributed by atoms with van der Waals surface area (Å²) in [7, 11) is -3.59. The fourth-order valence-corrected chi connectivity index (χ4v) is 3.68. The van der Waals surface area contributed by atoms with Crippen molar-refractivity contribution >= 4 is 15.9 Å². The van der Waals surface area contributed by atoms with E-state index in [1.54, 1.807) is 12.2 Å². The first kappa shape index (κ1) is 14.2. The summed E-state index contributed by atoms with van der Waals surface area (Å²) in [5, 5.41) is 10.8. The smallest absolute Gasteiger partial charge is 0.259 e. The third-order valence-electron chi connectivity index (χ3n) is 3.02. The SMILES string of the molecule is CC1=C([N+](=O)[O-])CS(=O)(=O)/C1=C/C=C/c1ccccc1. The molecule has 0 unspecified atom stereocenters. The molecule has 1 aliphatic heterocycles. The molecule has 5 nitrogen and oxygen atoms in total. The Labute approximate surface area is 117 Å². The van der Waals surface area contributed by atoms with Crippen LogP contribution in [-0.4, -0.2) is 19.1 Å². The van der Waals surface area contributed by atoms with Crippen molar-refractivity contribution in [2.45, 2.75) is 6.92 Å². The highest BCUT2D eigenvalue weighted by Crippen LogP contribution is 2.30. The van der Waals surface area contributed by atoms with Gasteiger partial charge in [-0.2, -0.15) is 0 Å². The highest BCUT2D eigenvalue weighted by atomic mass is 32.2. The van der Waals surface area contributed by atoms with E-state index >= 15 is 0 Å². The fraction of sp³-hybridized carbons (Fsp3) is 0.143. The molecule has 0 N–H and O–H groups in total. The maximum Gasteiger partial charge on any atom is 0.265 e. The first-order valence-electron chi connectivity index (χ1n) is 5.92. The molecule has 0 bridgehead atoms. The molecule has 0 spiro atoms. The number of rotatable bonds is 3. The van der Waals surface area contributed by atoms with Gasteiger partial charge in [-0.05, 0) is 18.6 Å². The first-order valence-corrected chi connectivity index (χ1v) is 7.58. The van der Waals surface area contributed by atoms with Crippen molar-refractivity contribution < 1.29 is 13.3 Å². The van der Waals surface area contributed by atoms with E-state index in [4.69, 9.17) is 0 Å². The Morgan fingerprint density at radius 2 is 1.90 bits per heavy atom. The zero-order valence-corrected chi connectivity index (χ0v) is 11.6. The third-order valence-corrected chi connectivity index (χ3v) is 4.79. The summed E-state index contributed by atoms with van der Waals surface area (Å²) < 4.78 is 23.8. The van der Waals surface area contributed by atoms with Gasteiger partial charge < -0.3 is 0 Å². The van der Waals surface area contributed by atoms with Gasteiger partial charge >= 0.3 is 0 Å². The normalized spacial score (nSPS) is 19.9. The van der Waals surface area contributed by atoms with Crippen molar-refractivity contribution in [2.24, 2.45) is 0 Å². The van der Waals surface area contributed by atoms with Crippen LogP contribution in [-0.2, 0) is 9.84 Å².